The first-order valence-electron chi connectivity index (χ1n) is 16.7. The molecule has 0 bridgehead atoms. The predicted octanol–water partition coefficient (Wildman–Crippen LogP) is 12.0. The maximum absolute atomic E-state index is 5.01. The molecule has 10 aromatic rings. The molecule has 0 aliphatic heterocycles. The van der Waals surface area contributed by atoms with Gasteiger partial charge in [-0.25, -0.2) is 15.0 Å². The summed E-state index contributed by atoms with van der Waals surface area (Å²) in [5, 5.41) is 4.93. The molecule has 0 saturated carbocycles. The molecule has 0 saturated heterocycles. The van der Waals surface area contributed by atoms with Crippen LogP contribution in [-0.2, 0) is 0 Å². The zero-order chi connectivity index (χ0) is 33.0. The van der Waals surface area contributed by atoms with Gasteiger partial charge < -0.3 is 4.57 Å². The van der Waals surface area contributed by atoms with Gasteiger partial charge in [0, 0.05) is 42.9 Å². The maximum Gasteiger partial charge on any atom is 0.164 e. The number of para-hydroxylation sites is 1. The standard InChI is InChI=1S/C45H28N4S/c1-4-14-29(15-5-1)33-21-12-24-38-41(33)35-20-10-11-23-37(35)49(38)39-25-13-22-34-36-28-32(26-27-40(36)50-42(34)39)45-47-43(30-16-6-2-7-17-30)46-44(48-45)31-18-8-3-9-19-31/h1-28H. The molecular formula is C45H28N4S. The summed E-state index contributed by atoms with van der Waals surface area (Å²) in [7, 11) is 0. The van der Waals surface area contributed by atoms with E-state index in [4.69, 9.17) is 15.0 Å². The quantitative estimate of drug-likeness (QED) is 0.185. The van der Waals surface area contributed by atoms with E-state index in [1.54, 1.807) is 0 Å². The first-order chi connectivity index (χ1) is 24.8. The van der Waals surface area contributed by atoms with Crippen molar-refractivity contribution >= 4 is 53.3 Å². The predicted molar refractivity (Wildman–Crippen MR) is 209 cm³/mol. The van der Waals surface area contributed by atoms with Gasteiger partial charge in [0.1, 0.15) is 0 Å². The Morgan fingerprint density at radius 2 is 0.960 bits per heavy atom. The number of hydrogen-bond donors (Lipinski definition) is 0. The minimum absolute atomic E-state index is 0.658. The lowest BCUT2D eigenvalue weighted by molar-refractivity contribution is 1.07. The lowest BCUT2D eigenvalue weighted by atomic mass is 9.99. The van der Waals surface area contributed by atoms with Crippen LogP contribution in [0.5, 0.6) is 0 Å². The molecule has 234 valence electrons. The number of aromatic nitrogens is 4. The summed E-state index contributed by atoms with van der Waals surface area (Å²) in [6.07, 6.45) is 0. The topological polar surface area (TPSA) is 43.6 Å². The van der Waals surface area contributed by atoms with Crippen LogP contribution in [0.1, 0.15) is 0 Å². The molecule has 10 rings (SSSR count). The van der Waals surface area contributed by atoms with Gasteiger partial charge in [0.05, 0.1) is 21.4 Å². The number of fused-ring (bicyclic) bond motifs is 6. The number of benzene rings is 7. The SMILES string of the molecule is c1ccc(-c2nc(-c3ccccc3)nc(-c3ccc4sc5c(-n6c7ccccc7c7c(-c8ccccc8)cccc76)cccc5c4c3)n2)cc1. The minimum Gasteiger partial charge on any atom is -0.308 e. The van der Waals surface area contributed by atoms with Gasteiger partial charge in [0.15, 0.2) is 17.5 Å². The zero-order valence-electron chi connectivity index (χ0n) is 26.9. The Hall–Kier alpha value is -6.43. The van der Waals surface area contributed by atoms with Gasteiger partial charge in [-0.05, 0) is 47.5 Å². The molecule has 0 aliphatic rings. The van der Waals surface area contributed by atoms with Crippen molar-refractivity contribution in [3.05, 3.63) is 170 Å². The average molecular weight is 657 g/mol. The van der Waals surface area contributed by atoms with Gasteiger partial charge in [0.2, 0.25) is 0 Å². The Labute approximate surface area is 292 Å². The van der Waals surface area contributed by atoms with Gasteiger partial charge in [-0.3, -0.25) is 0 Å². The van der Waals surface area contributed by atoms with Gasteiger partial charge >= 0.3 is 0 Å². The Morgan fingerprint density at radius 3 is 1.66 bits per heavy atom. The molecule has 7 aromatic carbocycles. The van der Waals surface area contributed by atoms with Crippen molar-refractivity contribution in [1.29, 1.82) is 0 Å². The normalized spacial score (nSPS) is 11.6. The van der Waals surface area contributed by atoms with Gasteiger partial charge in [-0.1, -0.05) is 133 Å². The van der Waals surface area contributed by atoms with Crippen molar-refractivity contribution in [2.24, 2.45) is 0 Å². The molecule has 0 fully saturated rings. The largest absolute Gasteiger partial charge is 0.308 e. The molecular weight excluding hydrogens is 629 g/mol. The zero-order valence-corrected chi connectivity index (χ0v) is 27.7. The summed E-state index contributed by atoms with van der Waals surface area (Å²) >= 11 is 1.83. The number of thiophene rings is 1. The molecule has 0 aliphatic carbocycles. The summed E-state index contributed by atoms with van der Waals surface area (Å²) in [5.41, 5.74) is 8.92. The molecule has 0 unspecified atom stereocenters. The molecule has 3 aromatic heterocycles. The van der Waals surface area contributed by atoms with Crippen molar-refractivity contribution in [1.82, 2.24) is 19.5 Å². The molecule has 4 nitrogen and oxygen atoms in total. The molecule has 3 heterocycles. The van der Waals surface area contributed by atoms with Crippen LogP contribution in [0.4, 0.5) is 0 Å². The van der Waals surface area contributed by atoms with Crippen LogP contribution in [0.15, 0.2) is 170 Å². The van der Waals surface area contributed by atoms with Gasteiger partial charge in [0.25, 0.3) is 0 Å². The first kappa shape index (κ1) is 28.6. The van der Waals surface area contributed by atoms with E-state index in [-0.39, 0.29) is 0 Å². The first-order valence-corrected chi connectivity index (χ1v) is 17.5. The second-order valence-corrected chi connectivity index (χ2v) is 13.5. The van der Waals surface area contributed by atoms with E-state index in [1.165, 1.54) is 58.8 Å². The van der Waals surface area contributed by atoms with Crippen LogP contribution < -0.4 is 0 Å². The van der Waals surface area contributed by atoms with Crippen molar-refractivity contribution in [3.8, 4) is 51.0 Å². The van der Waals surface area contributed by atoms with E-state index in [0.717, 1.165) is 16.7 Å². The molecule has 0 spiro atoms. The van der Waals surface area contributed by atoms with Crippen molar-refractivity contribution in [2.45, 2.75) is 0 Å². The maximum atomic E-state index is 5.01. The highest BCUT2D eigenvalue weighted by Gasteiger charge is 2.19. The van der Waals surface area contributed by atoms with Crippen LogP contribution in [-0.4, -0.2) is 19.5 Å². The highest BCUT2D eigenvalue weighted by atomic mass is 32.1. The fourth-order valence-electron chi connectivity index (χ4n) is 7.17. The van der Waals surface area contributed by atoms with Crippen LogP contribution in [0.3, 0.4) is 0 Å². The van der Waals surface area contributed by atoms with Crippen molar-refractivity contribution < 1.29 is 0 Å². The van der Waals surface area contributed by atoms with Gasteiger partial charge in [-0.2, -0.15) is 0 Å². The summed E-state index contributed by atoms with van der Waals surface area (Å²) in [5.74, 6) is 1.98. The average Bonchev–Trinajstić information content (AvgIpc) is 3.74. The van der Waals surface area contributed by atoms with Crippen LogP contribution in [0.25, 0.3) is 93.0 Å². The molecule has 50 heavy (non-hydrogen) atoms. The molecule has 0 amide bonds. The molecule has 0 N–H and O–H groups in total. The van der Waals surface area contributed by atoms with E-state index in [2.05, 4.69) is 114 Å². The van der Waals surface area contributed by atoms with Crippen LogP contribution in [0.2, 0.25) is 0 Å². The second-order valence-electron chi connectivity index (χ2n) is 12.4. The fourth-order valence-corrected chi connectivity index (χ4v) is 8.36. The highest BCUT2D eigenvalue weighted by Crippen LogP contribution is 2.43. The van der Waals surface area contributed by atoms with E-state index in [0.29, 0.717) is 17.5 Å². The van der Waals surface area contributed by atoms with Gasteiger partial charge in [-0.15, -0.1) is 11.3 Å². The highest BCUT2D eigenvalue weighted by molar-refractivity contribution is 7.26. The Morgan fingerprint density at radius 1 is 0.400 bits per heavy atom. The number of nitrogens with zero attached hydrogens (tertiary/aromatic N) is 4. The summed E-state index contributed by atoms with van der Waals surface area (Å²) in [6, 6.07) is 59.7. The fraction of sp³-hybridized carbons (Fsp3) is 0. The van der Waals surface area contributed by atoms with E-state index in [9.17, 15) is 0 Å². The van der Waals surface area contributed by atoms with E-state index in [1.807, 2.05) is 72.0 Å². The Kier molecular flexibility index (Phi) is 6.64. The minimum atomic E-state index is 0.658. The summed E-state index contributed by atoms with van der Waals surface area (Å²) < 4.78 is 4.92. The third-order valence-electron chi connectivity index (χ3n) is 9.46. The second kappa shape index (κ2) is 11.6. The van der Waals surface area contributed by atoms with Crippen LogP contribution >= 0.6 is 11.3 Å². The van der Waals surface area contributed by atoms with Crippen LogP contribution in [0, 0.1) is 0 Å². The molecule has 0 radical (unpaired) electrons. The lowest BCUT2D eigenvalue weighted by Gasteiger charge is -2.10. The number of rotatable bonds is 5. The smallest absolute Gasteiger partial charge is 0.164 e. The summed E-state index contributed by atoms with van der Waals surface area (Å²) in [6.45, 7) is 0. The Bertz CT molecular complexity index is 2800. The molecule has 5 heteroatoms. The van der Waals surface area contributed by atoms with Crippen molar-refractivity contribution in [2.75, 3.05) is 0 Å². The lowest BCUT2D eigenvalue weighted by Crippen LogP contribution is -2.00. The Balaban J connectivity index is 1.18. The third-order valence-corrected chi connectivity index (χ3v) is 10.7. The molecule has 0 atom stereocenters. The number of hydrogen-bond acceptors (Lipinski definition) is 4. The summed E-state index contributed by atoms with van der Waals surface area (Å²) in [4.78, 5) is 14.9. The van der Waals surface area contributed by atoms with E-state index < -0.39 is 0 Å². The van der Waals surface area contributed by atoms with E-state index >= 15 is 0 Å². The third kappa shape index (κ3) is 4.63. The monoisotopic (exact) mass is 656 g/mol. The van der Waals surface area contributed by atoms with Crippen molar-refractivity contribution in [3.63, 3.8) is 0 Å².